The van der Waals surface area contributed by atoms with Gasteiger partial charge < -0.3 is 0 Å². The van der Waals surface area contributed by atoms with Crippen molar-refractivity contribution >= 4 is 15.9 Å². The molecule has 60 valence electrons. The Kier molecular flexibility index (Phi) is 7.13. The van der Waals surface area contributed by atoms with Gasteiger partial charge in [0.05, 0.1) is 25.2 Å². The average molecular weight is 216 g/mol. The van der Waals surface area contributed by atoms with Gasteiger partial charge in [0.1, 0.15) is 0 Å². The van der Waals surface area contributed by atoms with Crippen molar-refractivity contribution in [2.24, 2.45) is 0 Å². The molecule has 0 spiro atoms. The van der Waals surface area contributed by atoms with E-state index in [-0.39, 0.29) is 0 Å². The Balaban J connectivity index is 3.54. The van der Waals surface area contributed by atoms with Crippen LogP contribution in [0.25, 0.3) is 0 Å². The standard InChI is InChI=1S/C7H10BrN3/c8-2-1-5-11(6-3-9)7-4-10/h1-2,5-7H2. The van der Waals surface area contributed by atoms with Crippen molar-refractivity contribution in [2.75, 3.05) is 25.0 Å². The smallest absolute Gasteiger partial charge is 0.0874 e. The normalized spacial score (nSPS) is 9.09. The first kappa shape index (κ1) is 10.4. The molecule has 0 amide bonds. The topological polar surface area (TPSA) is 50.8 Å². The monoisotopic (exact) mass is 215 g/mol. The molecular formula is C7H10BrN3. The summed E-state index contributed by atoms with van der Waals surface area (Å²) >= 11 is 3.29. The third kappa shape index (κ3) is 5.84. The van der Waals surface area contributed by atoms with E-state index < -0.39 is 0 Å². The van der Waals surface area contributed by atoms with Crippen LogP contribution in [0.5, 0.6) is 0 Å². The second kappa shape index (κ2) is 7.53. The third-order valence-electron chi connectivity index (χ3n) is 1.20. The van der Waals surface area contributed by atoms with Gasteiger partial charge in [-0.2, -0.15) is 10.5 Å². The summed E-state index contributed by atoms with van der Waals surface area (Å²) in [6, 6.07) is 4.04. The summed E-state index contributed by atoms with van der Waals surface area (Å²) in [4.78, 5) is 1.82. The molecule has 0 aliphatic rings. The highest BCUT2D eigenvalue weighted by atomic mass is 79.9. The maximum Gasteiger partial charge on any atom is 0.0874 e. The molecule has 0 atom stereocenters. The summed E-state index contributed by atoms with van der Waals surface area (Å²) in [6.45, 7) is 1.51. The van der Waals surface area contributed by atoms with Gasteiger partial charge in [0, 0.05) is 11.9 Å². The second-order valence-corrected chi connectivity index (χ2v) is 2.86. The van der Waals surface area contributed by atoms with Crippen molar-refractivity contribution in [3.63, 3.8) is 0 Å². The van der Waals surface area contributed by atoms with Gasteiger partial charge in [-0.15, -0.1) is 0 Å². The summed E-state index contributed by atoms with van der Waals surface area (Å²) in [6.07, 6.45) is 0.976. The van der Waals surface area contributed by atoms with Gasteiger partial charge in [0.25, 0.3) is 0 Å². The van der Waals surface area contributed by atoms with Gasteiger partial charge in [-0.3, -0.25) is 4.90 Å². The highest BCUT2D eigenvalue weighted by molar-refractivity contribution is 9.09. The van der Waals surface area contributed by atoms with E-state index in [4.69, 9.17) is 10.5 Å². The number of nitriles is 2. The number of alkyl halides is 1. The molecule has 0 aromatic rings. The van der Waals surface area contributed by atoms with Crippen molar-refractivity contribution in [2.45, 2.75) is 6.42 Å². The fourth-order valence-corrected chi connectivity index (χ4v) is 0.948. The predicted molar refractivity (Wildman–Crippen MR) is 46.1 cm³/mol. The van der Waals surface area contributed by atoms with Crippen LogP contribution in [0.2, 0.25) is 0 Å². The van der Waals surface area contributed by atoms with E-state index in [0.29, 0.717) is 13.1 Å². The van der Waals surface area contributed by atoms with E-state index in [1.807, 2.05) is 17.0 Å². The highest BCUT2D eigenvalue weighted by Gasteiger charge is 2.00. The molecule has 0 unspecified atom stereocenters. The van der Waals surface area contributed by atoms with Crippen molar-refractivity contribution in [1.29, 1.82) is 10.5 Å². The Labute approximate surface area is 75.3 Å². The summed E-state index contributed by atoms with van der Waals surface area (Å²) < 4.78 is 0. The third-order valence-corrected chi connectivity index (χ3v) is 1.76. The fourth-order valence-electron chi connectivity index (χ4n) is 0.697. The van der Waals surface area contributed by atoms with Crippen LogP contribution in [0.15, 0.2) is 0 Å². The summed E-state index contributed by atoms with van der Waals surface area (Å²) in [5, 5.41) is 17.6. The van der Waals surface area contributed by atoms with Gasteiger partial charge in [-0.25, -0.2) is 0 Å². The lowest BCUT2D eigenvalue weighted by molar-refractivity contribution is 0.344. The quantitative estimate of drug-likeness (QED) is 0.511. The van der Waals surface area contributed by atoms with Gasteiger partial charge in [-0.05, 0) is 6.42 Å². The average Bonchev–Trinajstić information content (AvgIpc) is 2.01. The van der Waals surface area contributed by atoms with Gasteiger partial charge in [0.2, 0.25) is 0 Å². The van der Waals surface area contributed by atoms with Gasteiger partial charge >= 0.3 is 0 Å². The van der Waals surface area contributed by atoms with Crippen LogP contribution in [0.3, 0.4) is 0 Å². The van der Waals surface area contributed by atoms with Crippen LogP contribution >= 0.6 is 15.9 Å². The lowest BCUT2D eigenvalue weighted by Crippen LogP contribution is -2.25. The van der Waals surface area contributed by atoms with E-state index >= 15 is 0 Å². The van der Waals surface area contributed by atoms with Crippen molar-refractivity contribution in [3.8, 4) is 12.1 Å². The largest absolute Gasteiger partial charge is 0.277 e. The Morgan fingerprint density at radius 3 is 2.09 bits per heavy atom. The molecule has 0 aliphatic heterocycles. The summed E-state index contributed by atoms with van der Waals surface area (Å²) in [7, 11) is 0. The minimum absolute atomic E-state index is 0.348. The lowest BCUT2D eigenvalue weighted by Gasteiger charge is -2.13. The molecule has 0 aromatic carbocycles. The molecule has 0 saturated carbocycles. The first-order chi connectivity index (χ1) is 5.35. The van der Waals surface area contributed by atoms with Crippen LogP contribution in [0.4, 0.5) is 0 Å². The van der Waals surface area contributed by atoms with Gasteiger partial charge in [-0.1, -0.05) is 15.9 Å². The Hall–Kier alpha value is -0.580. The van der Waals surface area contributed by atoms with Crippen LogP contribution in [-0.2, 0) is 0 Å². The van der Waals surface area contributed by atoms with Crippen molar-refractivity contribution in [3.05, 3.63) is 0 Å². The highest BCUT2D eigenvalue weighted by Crippen LogP contribution is 1.93. The second-order valence-electron chi connectivity index (χ2n) is 2.07. The first-order valence-corrected chi connectivity index (χ1v) is 4.49. The molecule has 11 heavy (non-hydrogen) atoms. The zero-order valence-corrected chi connectivity index (χ0v) is 7.84. The summed E-state index contributed by atoms with van der Waals surface area (Å²) in [5.74, 6) is 0. The molecule has 0 saturated heterocycles. The Morgan fingerprint density at radius 1 is 1.18 bits per heavy atom. The van der Waals surface area contributed by atoms with E-state index in [1.165, 1.54) is 0 Å². The molecule has 0 aromatic heterocycles. The van der Waals surface area contributed by atoms with Gasteiger partial charge in [0.15, 0.2) is 0 Å². The number of hydrogen-bond donors (Lipinski definition) is 0. The predicted octanol–water partition coefficient (Wildman–Crippen LogP) is 1.12. The fraction of sp³-hybridized carbons (Fsp3) is 0.714. The molecule has 0 heterocycles. The van der Waals surface area contributed by atoms with E-state index in [2.05, 4.69) is 15.9 Å². The number of hydrogen-bond acceptors (Lipinski definition) is 3. The molecule has 0 aliphatic carbocycles. The summed E-state index contributed by atoms with van der Waals surface area (Å²) in [5.41, 5.74) is 0. The molecule has 0 fully saturated rings. The molecule has 0 N–H and O–H groups in total. The molecule has 4 heteroatoms. The van der Waals surface area contributed by atoms with E-state index in [1.54, 1.807) is 0 Å². The zero-order valence-electron chi connectivity index (χ0n) is 6.26. The molecular weight excluding hydrogens is 206 g/mol. The van der Waals surface area contributed by atoms with Crippen molar-refractivity contribution in [1.82, 2.24) is 4.90 Å². The minimum Gasteiger partial charge on any atom is -0.277 e. The van der Waals surface area contributed by atoms with Crippen LogP contribution in [-0.4, -0.2) is 29.9 Å². The van der Waals surface area contributed by atoms with E-state index in [9.17, 15) is 0 Å². The van der Waals surface area contributed by atoms with Crippen LogP contribution in [0, 0.1) is 22.7 Å². The molecule has 0 rings (SSSR count). The first-order valence-electron chi connectivity index (χ1n) is 3.37. The number of rotatable bonds is 5. The number of halogens is 1. The number of nitrogens with zero attached hydrogens (tertiary/aromatic N) is 3. The molecule has 0 bridgehead atoms. The maximum absolute atomic E-state index is 8.35. The lowest BCUT2D eigenvalue weighted by atomic mass is 10.4. The molecule has 3 nitrogen and oxygen atoms in total. The Morgan fingerprint density at radius 2 is 1.73 bits per heavy atom. The van der Waals surface area contributed by atoms with Crippen LogP contribution < -0.4 is 0 Å². The molecule has 0 radical (unpaired) electrons. The minimum atomic E-state index is 0.348. The zero-order chi connectivity index (χ0) is 8.53. The SMILES string of the molecule is N#CCN(CC#N)CCCBr. The maximum atomic E-state index is 8.35. The van der Waals surface area contributed by atoms with E-state index in [0.717, 1.165) is 18.3 Å². The van der Waals surface area contributed by atoms with Crippen molar-refractivity contribution < 1.29 is 0 Å². The Bertz CT molecular complexity index is 152. The van der Waals surface area contributed by atoms with Crippen LogP contribution in [0.1, 0.15) is 6.42 Å².